The fourth-order valence-electron chi connectivity index (χ4n) is 5.55. The Labute approximate surface area is 178 Å². The van der Waals surface area contributed by atoms with Crippen molar-refractivity contribution < 1.29 is 9.84 Å². The SMILES string of the molecule is COc1ccc2c3c([nH]c2c1)[C@@H](CO)N(Cc1ccccc1)CC31CCN(C)CC1. The highest BCUT2D eigenvalue weighted by Crippen LogP contribution is 2.49. The Hall–Kier alpha value is -2.34. The van der Waals surface area contributed by atoms with Gasteiger partial charge in [0.25, 0.3) is 0 Å². The molecule has 3 aromatic rings. The highest BCUT2D eigenvalue weighted by Gasteiger charge is 2.46. The van der Waals surface area contributed by atoms with Crippen LogP contribution in [0.5, 0.6) is 5.75 Å². The molecule has 3 heterocycles. The lowest BCUT2D eigenvalue weighted by Crippen LogP contribution is -2.53. The second-order valence-electron chi connectivity index (χ2n) is 9.00. The molecular weight excluding hydrogens is 374 g/mol. The van der Waals surface area contributed by atoms with Gasteiger partial charge in [-0.05, 0) is 56.2 Å². The summed E-state index contributed by atoms with van der Waals surface area (Å²) in [6.45, 7) is 4.14. The van der Waals surface area contributed by atoms with Gasteiger partial charge in [0.2, 0.25) is 0 Å². The molecule has 0 radical (unpaired) electrons. The molecule has 5 heteroatoms. The van der Waals surface area contributed by atoms with Crippen LogP contribution in [0.3, 0.4) is 0 Å². The van der Waals surface area contributed by atoms with E-state index in [1.165, 1.54) is 22.2 Å². The van der Waals surface area contributed by atoms with Crippen molar-refractivity contribution in [1.82, 2.24) is 14.8 Å². The van der Waals surface area contributed by atoms with Gasteiger partial charge < -0.3 is 19.7 Å². The van der Waals surface area contributed by atoms with Crippen molar-refractivity contribution in [2.24, 2.45) is 0 Å². The summed E-state index contributed by atoms with van der Waals surface area (Å²) >= 11 is 0. The molecule has 30 heavy (non-hydrogen) atoms. The average molecular weight is 406 g/mol. The number of hydrogen-bond acceptors (Lipinski definition) is 4. The quantitative estimate of drug-likeness (QED) is 0.695. The van der Waals surface area contributed by atoms with E-state index in [9.17, 15) is 5.11 Å². The summed E-state index contributed by atoms with van der Waals surface area (Å²) in [4.78, 5) is 8.61. The van der Waals surface area contributed by atoms with Crippen molar-refractivity contribution in [3.8, 4) is 5.75 Å². The molecule has 0 unspecified atom stereocenters. The summed E-state index contributed by atoms with van der Waals surface area (Å²) in [7, 11) is 3.93. The Morgan fingerprint density at radius 1 is 1.13 bits per heavy atom. The molecule has 5 rings (SSSR count). The van der Waals surface area contributed by atoms with Crippen LogP contribution < -0.4 is 4.74 Å². The van der Waals surface area contributed by atoms with Gasteiger partial charge >= 0.3 is 0 Å². The molecule has 1 saturated heterocycles. The first kappa shape index (κ1) is 19.6. The van der Waals surface area contributed by atoms with E-state index in [1.54, 1.807) is 7.11 Å². The zero-order valence-electron chi connectivity index (χ0n) is 17.9. The zero-order valence-corrected chi connectivity index (χ0v) is 17.9. The minimum atomic E-state index is -0.0242. The van der Waals surface area contributed by atoms with Crippen molar-refractivity contribution >= 4 is 10.9 Å². The largest absolute Gasteiger partial charge is 0.497 e. The number of rotatable bonds is 4. The average Bonchev–Trinajstić information content (AvgIpc) is 3.16. The highest BCUT2D eigenvalue weighted by atomic mass is 16.5. The van der Waals surface area contributed by atoms with E-state index in [0.717, 1.165) is 50.3 Å². The number of likely N-dealkylation sites (tertiary alicyclic amines) is 1. The van der Waals surface area contributed by atoms with E-state index >= 15 is 0 Å². The number of ether oxygens (including phenoxy) is 1. The maximum Gasteiger partial charge on any atom is 0.120 e. The predicted molar refractivity (Wildman–Crippen MR) is 120 cm³/mol. The van der Waals surface area contributed by atoms with Crippen LogP contribution in [-0.2, 0) is 12.0 Å². The number of H-pyrrole nitrogens is 1. The number of benzene rings is 2. The predicted octanol–water partition coefficient (Wildman–Crippen LogP) is 3.69. The third-order valence-electron chi connectivity index (χ3n) is 7.19. The number of hydrogen-bond donors (Lipinski definition) is 2. The van der Waals surface area contributed by atoms with Gasteiger partial charge in [-0.1, -0.05) is 30.3 Å². The van der Waals surface area contributed by atoms with Crippen LogP contribution in [0.25, 0.3) is 10.9 Å². The van der Waals surface area contributed by atoms with E-state index in [-0.39, 0.29) is 18.1 Å². The van der Waals surface area contributed by atoms with Crippen LogP contribution >= 0.6 is 0 Å². The summed E-state index contributed by atoms with van der Waals surface area (Å²) in [5.74, 6) is 0.861. The normalized spacial score (nSPS) is 21.8. The lowest BCUT2D eigenvalue weighted by Gasteiger charge is -2.50. The topological polar surface area (TPSA) is 51.7 Å². The van der Waals surface area contributed by atoms with Gasteiger partial charge in [0.05, 0.1) is 19.8 Å². The van der Waals surface area contributed by atoms with Gasteiger partial charge in [-0.15, -0.1) is 0 Å². The molecule has 0 saturated carbocycles. The van der Waals surface area contributed by atoms with Crippen LogP contribution in [0, 0.1) is 0 Å². The standard InChI is InChI=1S/C25H31N3O2/c1-27-12-10-25(11-13-27)17-28(15-18-6-4-3-5-7-18)22(16-29)24-23(25)20-9-8-19(30-2)14-21(20)26-24/h3-9,14,22,26,29H,10-13,15-17H2,1-2H3/t22-/m1/s1. The van der Waals surface area contributed by atoms with Crippen LogP contribution in [0.4, 0.5) is 0 Å². The molecule has 1 aromatic heterocycles. The first-order valence-corrected chi connectivity index (χ1v) is 10.9. The molecular formula is C25H31N3O2. The third-order valence-corrected chi connectivity index (χ3v) is 7.19. The maximum atomic E-state index is 10.4. The molecule has 0 aliphatic carbocycles. The fourth-order valence-corrected chi connectivity index (χ4v) is 5.55. The minimum Gasteiger partial charge on any atom is -0.497 e. The number of aromatic amines is 1. The number of piperidine rings is 1. The van der Waals surface area contributed by atoms with Crippen molar-refractivity contribution in [3.05, 3.63) is 65.4 Å². The highest BCUT2D eigenvalue weighted by molar-refractivity contribution is 5.87. The zero-order chi connectivity index (χ0) is 20.7. The molecule has 2 aliphatic rings. The molecule has 2 aromatic carbocycles. The second-order valence-corrected chi connectivity index (χ2v) is 9.00. The number of aliphatic hydroxyl groups excluding tert-OH is 1. The van der Waals surface area contributed by atoms with E-state index in [2.05, 4.69) is 70.4 Å². The van der Waals surface area contributed by atoms with Crippen molar-refractivity contribution in [2.45, 2.75) is 30.8 Å². The fraction of sp³-hybridized carbons (Fsp3) is 0.440. The Bertz CT molecular complexity index is 1020. The van der Waals surface area contributed by atoms with E-state index in [1.807, 2.05) is 0 Å². The van der Waals surface area contributed by atoms with Crippen LogP contribution in [0.2, 0.25) is 0 Å². The first-order valence-electron chi connectivity index (χ1n) is 10.9. The monoisotopic (exact) mass is 405 g/mol. The van der Waals surface area contributed by atoms with Gasteiger partial charge in [-0.2, -0.15) is 0 Å². The van der Waals surface area contributed by atoms with Crippen molar-refractivity contribution in [2.75, 3.05) is 40.4 Å². The van der Waals surface area contributed by atoms with Gasteiger partial charge in [0.1, 0.15) is 5.75 Å². The summed E-state index contributed by atoms with van der Waals surface area (Å²) in [5.41, 5.74) is 5.12. The van der Waals surface area contributed by atoms with Crippen molar-refractivity contribution in [3.63, 3.8) is 0 Å². The molecule has 1 fully saturated rings. The molecule has 0 bridgehead atoms. The van der Waals surface area contributed by atoms with Crippen molar-refractivity contribution in [1.29, 1.82) is 0 Å². The minimum absolute atomic E-state index is 0.0242. The van der Waals surface area contributed by atoms with E-state index < -0.39 is 0 Å². The second kappa shape index (κ2) is 7.73. The lowest BCUT2D eigenvalue weighted by molar-refractivity contribution is 0.0475. The Morgan fingerprint density at radius 3 is 2.60 bits per heavy atom. The summed E-state index contributed by atoms with van der Waals surface area (Å²) in [6, 6.07) is 16.9. The summed E-state index contributed by atoms with van der Waals surface area (Å²) in [5, 5.41) is 11.7. The summed E-state index contributed by atoms with van der Waals surface area (Å²) in [6.07, 6.45) is 2.28. The number of fused-ring (bicyclic) bond motifs is 4. The number of nitrogens with one attached hydrogen (secondary N) is 1. The van der Waals surface area contributed by atoms with E-state index in [0.29, 0.717) is 0 Å². The Balaban J connectivity index is 1.64. The lowest BCUT2D eigenvalue weighted by atomic mass is 9.68. The Morgan fingerprint density at radius 2 is 1.90 bits per heavy atom. The molecule has 158 valence electrons. The number of nitrogens with zero attached hydrogens (tertiary/aromatic N) is 2. The molecule has 0 amide bonds. The number of methoxy groups -OCH3 is 1. The van der Waals surface area contributed by atoms with Crippen LogP contribution in [-0.4, -0.2) is 60.3 Å². The first-order chi connectivity index (χ1) is 14.6. The van der Waals surface area contributed by atoms with Gasteiger partial charge in [0.15, 0.2) is 0 Å². The Kier molecular flexibility index (Phi) is 5.05. The van der Waals surface area contributed by atoms with Crippen LogP contribution in [0.1, 0.15) is 35.7 Å². The summed E-state index contributed by atoms with van der Waals surface area (Å²) < 4.78 is 5.47. The van der Waals surface area contributed by atoms with Gasteiger partial charge in [-0.3, -0.25) is 4.90 Å². The molecule has 1 atom stereocenters. The number of aromatic nitrogens is 1. The molecule has 2 N–H and O–H groups in total. The third kappa shape index (κ3) is 3.22. The molecule has 1 spiro atoms. The van der Waals surface area contributed by atoms with Crippen LogP contribution in [0.15, 0.2) is 48.5 Å². The molecule has 5 nitrogen and oxygen atoms in total. The maximum absolute atomic E-state index is 10.4. The smallest absolute Gasteiger partial charge is 0.120 e. The van der Waals surface area contributed by atoms with Gasteiger partial charge in [0, 0.05) is 41.2 Å². The molecule has 2 aliphatic heterocycles. The number of aliphatic hydroxyl groups is 1. The van der Waals surface area contributed by atoms with E-state index in [4.69, 9.17) is 4.74 Å². The van der Waals surface area contributed by atoms with Gasteiger partial charge in [-0.25, -0.2) is 0 Å².